The van der Waals surface area contributed by atoms with Crippen molar-refractivity contribution in [3.63, 3.8) is 0 Å². The van der Waals surface area contributed by atoms with E-state index in [9.17, 15) is 13.2 Å². The molecule has 164 valence electrons. The summed E-state index contributed by atoms with van der Waals surface area (Å²) in [7, 11) is -3.74. The van der Waals surface area contributed by atoms with Crippen molar-refractivity contribution >= 4 is 44.8 Å². The molecule has 2 aromatic carbocycles. The van der Waals surface area contributed by atoms with E-state index in [4.69, 9.17) is 32.8 Å². The van der Waals surface area contributed by atoms with Crippen LogP contribution in [-0.4, -0.2) is 49.2 Å². The van der Waals surface area contributed by atoms with Crippen LogP contribution in [0.3, 0.4) is 0 Å². The lowest BCUT2D eigenvalue weighted by Gasteiger charge is -2.33. The van der Waals surface area contributed by atoms with E-state index in [2.05, 4.69) is 5.16 Å². The third kappa shape index (κ3) is 4.00. The highest BCUT2D eigenvalue weighted by Crippen LogP contribution is 2.44. The summed E-state index contributed by atoms with van der Waals surface area (Å²) in [6, 6.07) is 12.2. The Hall–Kier alpha value is -2.29. The molecule has 2 aromatic rings. The number of fused-ring (bicyclic) bond motifs is 1. The van der Waals surface area contributed by atoms with Gasteiger partial charge in [-0.25, -0.2) is 13.2 Å². The van der Waals surface area contributed by atoms with Gasteiger partial charge in [-0.05, 0) is 43.7 Å². The second-order valence-corrected chi connectivity index (χ2v) is 10.2. The number of ether oxygens (including phenoxy) is 1. The minimum atomic E-state index is -3.74. The monoisotopic (exact) mass is 482 g/mol. The molecule has 0 saturated carbocycles. The summed E-state index contributed by atoms with van der Waals surface area (Å²) in [5, 5.41) is 4.92. The standard InChI is InChI=1S/C21H20Cl2N2O5S/c1-2-29-20(26)18-10-11-21(13-31(27,28)15-6-4-3-5-7-15)25(18)19(24-30-21)16-9-8-14(22)12-17(16)23/h3-9,12,18H,2,10-11,13H2,1H3/t18-,21-/m0/s1. The van der Waals surface area contributed by atoms with Gasteiger partial charge in [-0.15, -0.1) is 0 Å². The van der Waals surface area contributed by atoms with Gasteiger partial charge in [0.2, 0.25) is 5.72 Å². The fourth-order valence-electron chi connectivity index (χ4n) is 3.99. The Balaban J connectivity index is 1.75. The summed E-state index contributed by atoms with van der Waals surface area (Å²) >= 11 is 12.4. The summed E-state index contributed by atoms with van der Waals surface area (Å²) in [4.78, 5) is 20.2. The Morgan fingerprint density at radius 3 is 2.68 bits per heavy atom. The maximum atomic E-state index is 13.2. The molecule has 0 aromatic heterocycles. The van der Waals surface area contributed by atoms with E-state index in [1.807, 2.05) is 0 Å². The van der Waals surface area contributed by atoms with Crippen molar-refractivity contribution in [2.45, 2.75) is 36.4 Å². The molecule has 0 N–H and O–H groups in total. The van der Waals surface area contributed by atoms with Gasteiger partial charge >= 0.3 is 5.97 Å². The molecular formula is C21H20Cl2N2O5S. The van der Waals surface area contributed by atoms with Crippen LogP contribution in [0.25, 0.3) is 0 Å². The van der Waals surface area contributed by atoms with Gasteiger partial charge in [-0.1, -0.05) is 46.6 Å². The van der Waals surface area contributed by atoms with Crippen LogP contribution in [0.5, 0.6) is 0 Å². The first kappa shape index (κ1) is 21.9. The molecule has 0 aliphatic carbocycles. The van der Waals surface area contributed by atoms with Crippen molar-refractivity contribution in [1.29, 1.82) is 0 Å². The molecule has 1 saturated heterocycles. The molecule has 31 heavy (non-hydrogen) atoms. The molecule has 2 heterocycles. The number of hydrogen-bond donors (Lipinski definition) is 0. The van der Waals surface area contributed by atoms with Crippen LogP contribution in [0.4, 0.5) is 0 Å². The molecule has 4 rings (SSSR count). The van der Waals surface area contributed by atoms with Gasteiger partial charge in [-0.2, -0.15) is 0 Å². The number of rotatable bonds is 6. The molecule has 7 nitrogen and oxygen atoms in total. The fourth-order valence-corrected chi connectivity index (χ4v) is 6.15. The normalized spacial score (nSPS) is 22.6. The predicted octanol–water partition coefficient (Wildman–Crippen LogP) is 3.88. The van der Waals surface area contributed by atoms with Crippen LogP contribution in [-0.2, 0) is 24.2 Å². The average Bonchev–Trinajstić information content (AvgIpc) is 3.25. The van der Waals surface area contributed by atoms with Crippen LogP contribution >= 0.6 is 23.2 Å². The first-order valence-electron chi connectivity index (χ1n) is 9.73. The first-order valence-corrected chi connectivity index (χ1v) is 12.1. The number of halogens is 2. The van der Waals surface area contributed by atoms with E-state index in [-0.39, 0.29) is 29.5 Å². The molecular weight excluding hydrogens is 463 g/mol. The number of nitrogens with zero attached hydrogens (tertiary/aromatic N) is 2. The molecule has 0 bridgehead atoms. The molecule has 1 fully saturated rings. The van der Waals surface area contributed by atoms with Crippen molar-refractivity contribution in [3.05, 3.63) is 64.1 Å². The van der Waals surface area contributed by atoms with Gasteiger partial charge < -0.3 is 9.57 Å². The maximum Gasteiger partial charge on any atom is 0.328 e. The molecule has 0 radical (unpaired) electrons. The Morgan fingerprint density at radius 1 is 1.26 bits per heavy atom. The average molecular weight is 483 g/mol. The van der Waals surface area contributed by atoms with Crippen LogP contribution in [0.2, 0.25) is 10.0 Å². The Bertz CT molecular complexity index is 1140. The Labute approximate surface area is 190 Å². The lowest BCUT2D eigenvalue weighted by molar-refractivity contribution is -0.150. The number of esters is 1. The van der Waals surface area contributed by atoms with Crippen molar-refractivity contribution < 1.29 is 22.8 Å². The largest absolute Gasteiger partial charge is 0.464 e. The number of hydrogen-bond acceptors (Lipinski definition) is 7. The fraction of sp³-hybridized carbons (Fsp3) is 0.333. The second-order valence-electron chi connectivity index (χ2n) is 7.33. The molecule has 0 spiro atoms. The van der Waals surface area contributed by atoms with E-state index >= 15 is 0 Å². The Morgan fingerprint density at radius 2 is 2.00 bits per heavy atom. The number of sulfone groups is 1. The predicted molar refractivity (Wildman–Crippen MR) is 117 cm³/mol. The zero-order chi connectivity index (χ0) is 22.2. The highest BCUT2D eigenvalue weighted by Gasteiger charge is 2.59. The molecule has 2 aliphatic heterocycles. The first-order chi connectivity index (χ1) is 14.8. The van der Waals surface area contributed by atoms with Gasteiger partial charge in [0, 0.05) is 17.0 Å². The smallest absolute Gasteiger partial charge is 0.328 e. The number of benzene rings is 2. The second kappa shape index (κ2) is 8.33. The lowest BCUT2D eigenvalue weighted by atomic mass is 10.1. The quantitative estimate of drug-likeness (QED) is 0.580. The van der Waals surface area contributed by atoms with Crippen LogP contribution in [0.1, 0.15) is 25.3 Å². The summed E-state index contributed by atoms with van der Waals surface area (Å²) in [5.41, 5.74) is -0.856. The molecule has 2 atom stereocenters. The Kier molecular flexibility index (Phi) is 5.89. The third-order valence-corrected chi connectivity index (χ3v) is 7.71. The van der Waals surface area contributed by atoms with Crippen molar-refractivity contribution in [3.8, 4) is 0 Å². The van der Waals surface area contributed by atoms with E-state index in [1.165, 1.54) is 12.1 Å². The molecule has 2 aliphatic rings. The maximum absolute atomic E-state index is 13.2. The van der Waals surface area contributed by atoms with Gasteiger partial charge in [0.25, 0.3) is 0 Å². The van der Waals surface area contributed by atoms with E-state index < -0.39 is 27.6 Å². The molecule has 0 unspecified atom stereocenters. The zero-order valence-corrected chi connectivity index (χ0v) is 19.0. The summed E-state index contributed by atoms with van der Waals surface area (Å²) in [5.74, 6) is -0.566. The molecule has 10 heteroatoms. The number of oxime groups is 1. The minimum absolute atomic E-state index is 0.172. The zero-order valence-electron chi connectivity index (χ0n) is 16.6. The van der Waals surface area contributed by atoms with Crippen molar-refractivity contribution in [2.75, 3.05) is 12.4 Å². The van der Waals surface area contributed by atoms with Crippen molar-refractivity contribution in [2.24, 2.45) is 5.16 Å². The van der Waals surface area contributed by atoms with Gasteiger partial charge in [0.1, 0.15) is 11.8 Å². The van der Waals surface area contributed by atoms with Gasteiger partial charge in [0.05, 0.1) is 16.5 Å². The van der Waals surface area contributed by atoms with E-state index in [1.54, 1.807) is 48.2 Å². The van der Waals surface area contributed by atoms with Gasteiger partial charge in [0.15, 0.2) is 15.7 Å². The minimum Gasteiger partial charge on any atom is -0.464 e. The van der Waals surface area contributed by atoms with E-state index in [0.29, 0.717) is 22.0 Å². The highest BCUT2D eigenvalue weighted by atomic mass is 35.5. The summed E-state index contributed by atoms with van der Waals surface area (Å²) in [6.07, 6.45) is 0.633. The third-order valence-electron chi connectivity index (χ3n) is 5.34. The van der Waals surface area contributed by atoms with Crippen LogP contribution in [0.15, 0.2) is 58.6 Å². The lowest BCUT2D eigenvalue weighted by Crippen LogP contribution is -2.53. The molecule has 0 amide bonds. The summed E-state index contributed by atoms with van der Waals surface area (Å²) < 4.78 is 31.6. The van der Waals surface area contributed by atoms with Gasteiger partial charge in [-0.3, -0.25) is 4.90 Å². The number of carbonyl (C=O) groups excluding carboxylic acids is 1. The number of carbonyl (C=O) groups is 1. The van der Waals surface area contributed by atoms with Crippen LogP contribution in [0, 0.1) is 0 Å². The topological polar surface area (TPSA) is 85.3 Å². The van der Waals surface area contributed by atoms with Crippen molar-refractivity contribution in [1.82, 2.24) is 4.90 Å². The summed E-state index contributed by atoms with van der Waals surface area (Å²) in [6.45, 7) is 1.92. The highest BCUT2D eigenvalue weighted by molar-refractivity contribution is 7.91. The van der Waals surface area contributed by atoms with E-state index in [0.717, 1.165) is 0 Å². The number of amidine groups is 1. The van der Waals surface area contributed by atoms with Crippen LogP contribution < -0.4 is 0 Å². The SMILES string of the molecule is CCOC(=O)[C@@H]1CC[C@@]2(CS(=O)(=O)c3ccccc3)ON=C(c3ccc(Cl)cc3Cl)N12.